The number of nitrogens with one attached hydrogen (secondary N) is 2. The van der Waals surface area contributed by atoms with Crippen molar-refractivity contribution >= 4 is 5.91 Å². The van der Waals surface area contributed by atoms with Gasteiger partial charge < -0.3 is 14.9 Å². The molecule has 1 heterocycles. The van der Waals surface area contributed by atoms with Crippen LogP contribution in [0.4, 0.5) is 0 Å². The Morgan fingerprint density at radius 1 is 1.33 bits per heavy atom. The molecule has 0 fully saturated rings. The van der Waals surface area contributed by atoms with Crippen molar-refractivity contribution in [3.63, 3.8) is 0 Å². The molecule has 0 saturated carbocycles. The fraction of sp³-hybridized carbons (Fsp3) is 0.308. The topological polar surface area (TPSA) is 59.6 Å². The van der Waals surface area contributed by atoms with E-state index in [4.69, 9.17) is 9.47 Å². The van der Waals surface area contributed by atoms with Crippen LogP contribution in [0.1, 0.15) is 30.6 Å². The van der Waals surface area contributed by atoms with E-state index in [2.05, 4.69) is 10.9 Å². The van der Waals surface area contributed by atoms with Gasteiger partial charge in [-0.2, -0.15) is 0 Å². The number of benzene rings is 1. The first kappa shape index (κ1) is 12.3. The van der Waals surface area contributed by atoms with Crippen LogP contribution in [0.2, 0.25) is 0 Å². The van der Waals surface area contributed by atoms with E-state index in [1.807, 2.05) is 19.9 Å². The fourth-order valence-corrected chi connectivity index (χ4v) is 1.61. The lowest BCUT2D eigenvalue weighted by Gasteiger charge is -2.10. The Hall–Kier alpha value is -2.17. The van der Waals surface area contributed by atoms with Gasteiger partial charge >= 0.3 is 0 Å². The molecule has 2 N–H and O–H groups in total. The van der Waals surface area contributed by atoms with Crippen LogP contribution in [0, 0.1) is 0 Å². The smallest absolute Gasteiger partial charge is 0.269 e. The van der Waals surface area contributed by atoms with E-state index >= 15 is 0 Å². The van der Waals surface area contributed by atoms with E-state index in [1.165, 1.54) is 0 Å². The molecular weight excluding hydrogens is 232 g/mol. The number of fused-ring (bicyclic) bond motifs is 1. The molecular formula is C13H16N2O3. The number of allylic oxidation sites excluding steroid dienone is 2. The Bertz CT molecular complexity index is 483. The van der Waals surface area contributed by atoms with E-state index in [9.17, 15) is 4.79 Å². The van der Waals surface area contributed by atoms with Crippen molar-refractivity contribution in [2.75, 3.05) is 6.79 Å². The van der Waals surface area contributed by atoms with Gasteiger partial charge in [0, 0.05) is 11.3 Å². The zero-order chi connectivity index (χ0) is 13.0. The summed E-state index contributed by atoms with van der Waals surface area (Å²) in [6.07, 6.45) is 2.75. The summed E-state index contributed by atoms with van der Waals surface area (Å²) < 4.78 is 10.4. The summed E-state index contributed by atoms with van der Waals surface area (Å²) >= 11 is 0. The van der Waals surface area contributed by atoms with Crippen molar-refractivity contribution < 1.29 is 14.3 Å². The van der Waals surface area contributed by atoms with Gasteiger partial charge in [0.05, 0.1) is 0 Å². The summed E-state index contributed by atoms with van der Waals surface area (Å²) in [7, 11) is 0. The van der Waals surface area contributed by atoms with Gasteiger partial charge in [0.15, 0.2) is 11.5 Å². The highest BCUT2D eigenvalue weighted by Gasteiger charge is 2.15. The predicted molar refractivity (Wildman–Crippen MR) is 67.2 cm³/mol. The first-order valence-corrected chi connectivity index (χ1v) is 5.85. The lowest BCUT2D eigenvalue weighted by atomic mass is 10.2. The maximum atomic E-state index is 11.9. The first-order chi connectivity index (χ1) is 8.74. The molecule has 1 aliphatic heterocycles. The standard InChI is InChI=1S/C13H16N2O3/c1-3-10(4-2)14-15-13(16)9-5-6-11-12(7-9)18-8-17-11/h3,5-7,14H,4,8H2,1-2H3,(H,15,16). The van der Waals surface area contributed by atoms with Gasteiger partial charge in [0.1, 0.15) is 0 Å². The minimum absolute atomic E-state index is 0.206. The van der Waals surface area contributed by atoms with Crippen LogP contribution in [-0.2, 0) is 0 Å². The average Bonchev–Trinajstić information content (AvgIpc) is 2.86. The lowest BCUT2D eigenvalue weighted by Crippen LogP contribution is -2.36. The van der Waals surface area contributed by atoms with Crippen LogP contribution < -0.4 is 20.3 Å². The summed E-state index contributed by atoms with van der Waals surface area (Å²) in [6, 6.07) is 5.10. The number of rotatable bonds is 4. The Balaban J connectivity index is 2.01. The van der Waals surface area contributed by atoms with Gasteiger partial charge in [0.2, 0.25) is 6.79 Å². The molecule has 2 rings (SSSR count). The van der Waals surface area contributed by atoms with Crippen molar-refractivity contribution in [1.29, 1.82) is 0 Å². The number of carbonyl (C=O) groups excluding carboxylic acids is 1. The summed E-state index contributed by atoms with van der Waals surface area (Å²) in [4.78, 5) is 11.9. The molecule has 0 aromatic heterocycles. The second kappa shape index (κ2) is 5.44. The molecule has 18 heavy (non-hydrogen) atoms. The number of ether oxygens (including phenoxy) is 2. The highest BCUT2D eigenvalue weighted by molar-refractivity contribution is 5.94. The van der Waals surface area contributed by atoms with Crippen LogP contribution in [0.5, 0.6) is 11.5 Å². The average molecular weight is 248 g/mol. The van der Waals surface area contributed by atoms with Crippen molar-refractivity contribution in [1.82, 2.24) is 10.9 Å². The van der Waals surface area contributed by atoms with E-state index < -0.39 is 0 Å². The highest BCUT2D eigenvalue weighted by atomic mass is 16.7. The second-order valence-electron chi connectivity index (χ2n) is 3.81. The Labute approximate surface area is 106 Å². The summed E-state index contributed by atoms with van der Waals surface area (Å²) in [5, 5.41) is 0. The zero-order valence-electron chi connectivity index (χ0n) is 10.4. The van der Waals surface area contributed by atoms with Gasteiger partial charge in [-0.15, -0.1) is 0 Å². The van der Waals surface area contributed by atoms with E-state index in [0.717, 1.165) is 12.1 Å². The molecule has 1 aromatic rings. The number of hydrogen-bond donors (Lipinski definition) is 2. The number of hydrazine groups is 1. The largest absolute Gasteiger partial charge is 0.454 e. The first-order valence-electron chi connectivity index (χ1n) is 5.85. The van der Waals surface area contributed by atoms with Gasteiger partial charge in [-0.05, 0) is 31.5 Å². The zero-order valence-corrected chi connectivity index (χ0v) is 10.4. The summed E-state index contributed by atoms with van der Waals surface area (Å²) in [6.45, 7) is 4.13. The third-order valence-corrected chi connectivity index (χ3v) is 2.70. The highest BCUT2D eigenvalue weighted by Crippen LogP contribution is 2.32. The van der Waals surface area contributed by atoms with Crippen molar-refractivity contribution in [3.05, 3.63) is 35.5 Å². The van der Waals surface area contributed by atoms with Gasteiger partial charge in [-0.3, -0.25) is 10.2 Å². The second-order valence-corrected chi connectivity index (χ2v) is 3.81. The molecule has 0 radical (unpaired) electrons. The summed E-state index contributed by atoms with van der Waals surface area (Å²) in [5.41, 5.74) is 7.00. The van der Waals surface area contributed by atoms with Crippen LogP contribution in [0.3, 0.4) is 0 Å². The van der Waals surface area contributed by atoms with Crippen molar-refractivity contribution in [2.24, 2.45) is 0 Å². The molecule has 0 spiro atoms. The van der Waals surface area contributed by atoms with Gasteiger partial charge in [0.25, 0.3) is 5.91 Å². The normalized spacial score (nSPS) is 13.3. The molecule has 0 saturated heterocycles. The lowest BCUT2D eigenvalue weighted by molar-refractivity contribution is 0.0938. The van der Waals surface area contributed by atoms with Crippen LogP contribution in [-0.4, -0.2) is 12.7 Å². The maximum absolute atomic E-state index is 11.9. The van der Waals surface area contributed by atoms with Crippen molar-refractivity contribution in [2.45, 2.75) is 20.3 Å². The SMILES string of the molecule is CC=C(CC)NNC(=O)c1ccc2c(c1)OCO2. The number of hydrogen-bond acceptors (Lipinski definition) is 4. The minimum Gasteiger partial charge on any atom is -0.454 e. The molecule has 5 nitrogen and oxygen atoms in total. The number of carbonyl (C=O) groups is 1. The monoisotopic (exact) mass is 248 g/mol. The van der Waals surface area contributed by atoms with E-state index in [1.54, 1.807) is 18.2 Å². The Morgan fingerprint density at radius 3 is 2.83 bits per heavy atom. The van der Waals surface area contributed by atoms with Crippen LogP contribution >= 0.6 is 0 Å². The molecule has 0 bridgehead atoms. The minimum atomic E-state index is -0.207. The quantitative estimate of drug-likeness (QED) is 0.800. The molecule has 1 amide bonds. The summed E-state index contributed by atoms with van der Waals surface area (Å²) in [5.74, 6) is 1.06. The molecule has 0 atom stereocenters. The molecule has 5 heteroatoms. The predicted octanol–water partition coefficient (Wildman–Crippen LogP) is 1.96. The van der Waals surface area contributed by atoms with Crippen molar-refractivity contribution in [3.8, 4) is 11.5 Å². The third-order valence-electron chi connectivity index (χ3n) is 2.70. The maximum Gasteiger partial charge on any atom is 0.269 e. The molecule has 96 valence electrons. The molecule has 0 unspecified atom stereocenters. The Kier molecular flexibility index (Phi) is 3.72. The molecule has 1 aromatic carbocycles. The fourth-order valence-electron chi connectivity index (χ4n) is 1.61. The third kappa shape index (κ3) is 2.56. The van der Waals surface area contributed by atoms with Gasteiger partial charge in [-0.25, -0.2) is 0 Å². The number of amides is 1. The van der Waals surface area contributed by atoms with E-state index in [0.29, 0.717) is 17.1 Å². The van der Waals surface area contributed by atoms with Crippen LogP contribution in [0.25, 0.3) is 0 Å². The molecule has 1 aliphatic rings. The van der Waals surface area contributed by atoms with Gasteiger partial charge in [-0.1, -0.05) is 13.0 Å². The Morgan fingerprint density at radius 2 is 2.11 bits per heavy atom. The van der Waals surface area contributed by atoms with E-state index in [-0.39, 0.29) is 12.7 Å². The molecule has 0 aliphatic carbocycles. The van der Waals surface area contributed by atoms with Crippen LogP contribution in [0.15, 0.2) is 30.0 Å².